The molecule has 0 rings (SSSR count). The van der Waals surface area contributed by atoms with Gasteiger partial charge in [0, 0.05) is 23.3 Å². The second-order valence-corrected chi connectivity index (χ2v) is 6.41. The number of rotatable bonds is 9. The van der Waals surface area contributed by atoms with E-state index in [1.807, 2.05) is 20.8 Å². The fourth-order valence-electron chi connectivity index (χ4n) is 2.19. The zero-order chi connectivity index (χ0) is 15.9. The standard InChI is InChI=1S/C15H28N2O3/c1-6-11(14(20)17-10(2)3)7-12(13(16)19)8-15(4,5)9-18/h9-12H,6-8H2,1-5H3,(H2,16,19)(H,17,20). The van der Waals surface area contributed by atoms with Crippen molar-refractivity contribution in [3.63, 3.8) is 0 Å². The molecule has 0 aromatic carbocycles. The third-order valence-electron chi connectivity index (χ3n) is 3.36. The Hall–Kier alpha value is -1.39. The molecule has 116 valence electrons. The summed E-state index contributed by atoms with van der Waals surface area (Å²) in [5.74, 6) is -1.22. The van der Waals surface area contributed by atoms with Crippen LogP contribution in [0.25, 0.3) is 0 Å². The van der Waals surface area contributed by atoms with Crippen LogP contribution in [0.2, 0.25) is 0 Å². The zero-order valence-corrected chi connectivity index (χ0v) is 13.2. The van der Waals surface area contributed by atoms with Gasteiger partial charge in [-0.3, -0.25) is 9.59 Å². The van der Waals surface area contributed by atoms with E-state index >= 15 is 0 Å². The average molecular weight is 284 g/mol. The van der Waals surface area contributed by atoms with Gasteiger partial charge in [-0.2, -0.15) is 0 Å². The Kier molecular flexibility index (Phi) is 7.46. The lowest BCUT2D eigenvalue weighted by Crippen LogP contribution is -2.38. The summed E-state index contributed by atoms with van der Waals surface area (Å²) >= 11 is 0. The normalized spacial score (nSPS) is 14.7. The average Bonchev–Trinajstić information content (AvgIpc) is 2.32. The second-order valence-electron chi connectivity index (χ2n) is 6.41. The molecule has 0 aromatic rings. The lowest BCUT2D eigenvalue weighted by atomic mass is 9.79. The lowest BCUT2D eigenvalue weighted by Gasteiger charge is -2.26. The van der Waals surface area contributed by atoms with Crippen molar-refractivity contribution in [3.8, 4) is 0 Å². The van der Waals surface area contributed by atoms with Crippen LogP contribution >= 0.6 is 0 Å². The Balaban J connectivity index is 4.82. The van der Waals surface area contributed by atoms with E-state index in [9.17, 15) is 14.4 Å². The summed E-state index contributed by atoms with van der Waals surface area (Å²) in [6.07, 6.45) is 2.24. The number of aldehydes is 1. The number of nitrogens with one attached hydrogen (secondary N) is 1. The van der Waals surface area contributed by atoms with Crippen LogP contribution in [0.5, 0.6) is 0 Å². The summed E-state index contributed by atoms with van der Waals surface area (Å²) in [5.41, 5.74) is 4.81. The molecule has 0 fully saturated rings. The van der Waals surface area contributed by atoms with E-state index in [0.717, 1.165) is 6.29 Å². The molecule has 5 heteroatoms. The molecule has 0 aromatic heterocycles. The van der Waals surface area contributed by atoms with Gasteiger partial charge in [0.2, 0.25) is 11.8 Å². The van der Waals surface area contributed by atoms with Crippen LogP contribution in [0.15, 0.2) is 0 Å². The third kappa shape index (κ3) is 6.68. The minimum atomic E-state index is -0.605. The zero-order valence-electron chi connectivity index (χ0n) is 13.2. The molecule has 2 unspecified atom stereocenters. The van der Waals surface area contributed by atoms with Gasteiger partial charge in [0.1, 0.15) is 6.29 Å². The molecule has 0 spiro atoms. The summed E-state index contributed by atoms with van der Waals surface area (Å²) in [7, 11) is 0. The highest BCUT2D eigenvalue weighted by Crippen LogP contribution is 2.28. The first-order valence-electron chi connectivity index (χ1n) is 7.19. The fraction of sp³-hybridized carbons (Fsp3) is 0.800. The van der Waals surface area contributed by atoms with Crippen molar-refractivity contribution in [1.29, 1.82) is 0 Å². The van der Waals surface area contributed by atoms with Crippen LogP contribution < -0.4 is 11.1 Å². The molecule has 0 aliphatic heterocycles. The van der Waals surface area contributed by atoms with Crippen molar-refractivity contribution in [3.05, 3.63) is 0 Å². The van der Waals surface area contributed by atoms with Crippen LogP contribution in [0.4, 0.5) is 0 Å². The Morgan fingerprint density at radius 2 is 1.80 bits per heavy atom. The maximum Gasteiger partial charge on any atom is 0.223 e. The van der Waals surface area contributed by atoms with Crippen LogP contribution in [-0.2, 0) is 14.4 Å². The van der Waals surface area contributed by atoms with Gasteiger partial charge >= 0.3 is 0 Å². The fourth-order valence-corrected chi connectivity index (χ4v) is 2.19. The van der Waals surface area contributed by atoms with Crippen LogP contribution in [0.3, 0.4) is 0 Å². The maximum atomic E-state index is 12.0. The number of carbonyl (C=O) groups excluding carboxylic acids is 3. The van der Waals surface area contributed by atoms with Gasteiger partial charge < -0.3 is 15.8 Å². The van der Waals surface area contributed by atoms with Gasteiger partial charge in [0.15, 0.2) is 0 Å². The summed E-state index contributed by atoms with van der Waals surface area (Å²) < 4.78 is 0. The first kappa shape index (κ1) is 18.6. The summed E-state index contributed by atoms with van der Waals surface area (Å²) in [6.45, 7) is 9.24. The molecule has 0 saturated carbocycles. The van der Waals surface area contributed by atoms with Gasteiger partial charge in [-0.25, -0.2) is 0 Å². The second kappa shape index (κ2) is 8.02. The Morgan fingerprint density at radius 3 is 2.15 bits per heavy atom. The van der Waals surface area contributed by atoms with E-state index in [1.54, 1.807) is 13.8 Å². The van der Waals surface area contributed by atoms with E-state index in [0.29, 0.717) is 19.3 Å². The summed E-state index contributed by atoms with van der Waals surface area (Å²) in [5, 5.41) is 2.85. The van der Waals surface area contributed by atoms with Crippen molar-refractivity contribution in [2.24, 2.45) is 23.0 Å². The van der Waals surface area contributed by atoms with Crippen molar-refractivity contribution in [2.45, 2.75) is 59.9 Å². The Bertz CT molecular complexity index is 351. The van der Waals surface area contributed by atoms with Gasteiger partial charge in [0.25, 0.3) is 0 Å². The summed E-state index contributed by atoms with van der Waals surface area (Å²) in [6, 6.07) is 0.0648. The van der Waals surface area contributed by atoms with Gasteiger partial charge in [0.05, 0.1) is 0 Å². The van der Waals surface area contributed by atoms with Gasteiger partial charge in [-0.1, -0.05) is 20.8 Å². The molecule has 0 radical (unpaired) electrons. The molecule has 0 aliphatic carbocycles. The Morgan fingerprint density at radius 1 is 1.25 bits per heavy atom. The smallest absolute Gasteiger partial charge is 0.223 e. The number of hydrogen-bond donors (Lipinski definition) is 2. The number of amides is 2. The van der Waals surface area contributed by atoms with E-state index in [-0.39, 0.29) is 17.9 Å². The van der Waals surface area contributed by atoms with Gasteiger partial charge in [-0.15, -0.1) is 0 Å². The molecular weight excluding hydrogens is 256 g/mol. The monoisotopic (exact) mass is 284 g/mol. The highest BCUT2D eigenvalue weighted by atomic mass is 16.2. The van der Waals surface area contributed by atoms with E-state index in [2.05, 4.69) is 5.32 Å². The van der Waals surface area contributed by atoms with E-state index in [1.165, 1.54) is 0 Å². The third-order valence-corrected chi connectivity index (χ3v) is 3.36. The summed E-state index contributed by atoms with van der Waals surface area (Å²) in [4.78, 5) is 34.6. The van der Waals surface area contributed by atoms with Crippen LogP contribution in [0.1, 0.15) is 53.9 Å². The Labute approximate surface area is 121 Å². The van der Waals surface area contributed by atoms with Crippen LogP contribution in [-0.4, -0.2) is 24.1 Å². The SMILES string of the molecule is CCC(CC(CC(C)(C)C=O)C(N)=O)C(=O)NC(C)C. The predicted molar refractivity (Wildman–Crippen MR) is 78.8 cm³/mol. The number of nitrogens with two attached hydrogens (primary N) is 1. The molecule has 2 amide bonds. The maximum absolute atomic E-state index is 12.0. The molecular formula is C15H28N2O3. The highest BCUT2D eigenvalue weighted by molar-refractivity contribution is 5.81. The van der Waals surface area contributed by atoms with E-state index in [4.69, 9.17) is 5.73 Å². The molecule has 0 saturated heterocycles. The molecule has 5 nitrogen and oxygen atoms in total. The molecule has 20 heavy (non-hydrogen) atoms. The quantitative estimate of drug-likeness (QED) is 0.631. The van der Waals surface area contributed by atoms with E-state index < -0.39 is 17.2 Å². The van der Waals surface area contributed by atoms with Gasteiger partial charge in [-0.05, 0) is 33.1 Å². The van der Waals surface area contributed by atoms with Crippen molar-refractivity contribution in [2.75, 3.05) is 0 Å². The minimum Gasteiger partial charge on any atom is -0.369 e. The molecule has 0 heterocycles. The largest absolute Gasteiger partial charge is 0.369 e. The number of primary amides is 1. The molecule has 0 bridgehead atoms. The lowest BCUT2D eigenvalue weighted by molar-refractivity contribution is -0.128. The van der Waals surface area contributed by atoms with Crippen molar-refractivity contribution < 1.29 is 14.4 Å². The first-order valence-corrected chi connectivity index (χ1v) is 7.19. The van der Waals surface area contributed by atoms with Crippen molar-refractivity contribution >= 4 is 18.1 Å². The van der Waals surface area contributed by atoms with Crippen molar-refractivity contribution in [1.82, 2.24) is 5.32 Å². The molecule has 3 N–H and O–H groups in total. The predicted octanol–water partition coefficient (Wildman–Crippen LogP) is 1.64. The molecule has 2 atom stereocenters. The van der Waals surface area contributed by atoms with Crippen LogP contribution in [0, 0.1) is 17.3 Å². The number of carbonyl (C=O) groups is 3. The number of hydrogen-bond acceptors (Lipinski definition) is 3. The highest BCUT2D eigenvalue weighted by Gasteiger charge is 2.30. The minimum absolute atomic E-state index is 0.0577. The first-order chi connectivity index (χ1) is 9.12. The molecule has 0 aliphatic rings. The topological polar surface area (TPSA) is 89.3 Å².